The molecular formula is C28H27N3O. The summed E-state index contributed by atoms with van der Waals surface area (Å²) in [5, 5.41) is 4.02. The van der Waals surface area contributed by atoms with Crippen LogP contribution < -0.4 is 10.7 Å². The zero-order valence-electron chi connectivity index (χ0n) is 18.7. The molecule has 4 rings (SSSR count). The topological polar surface area (TPSA) is 46.9 Å². The van der Waals surface area contributed by atoms with Crippen LogP contribution in [0.25, 0.3) is 22.8 Å². The Hall–Kier alpha value is -3.92. The number of aromatic nitrogens is 2. The third kappa shape index (κ3) is 4.54. The summed E-state index contributed by atoms with van der Waals surface area (Å²) in [4.78, 5) is 18.1. The van der Waals surface area contributed by atoms with Crippen LogP contribution in [0.1, 0.15) is 31.5 Å². The van der Waals surface area contributed by atoms with Crippen molar-refractivity contribution in [3.8, 4) is 0 Å². The van der Waals surface area contributed by atoms with Crippen LogP contribution >= 0.6 is 0 Å². The van der Waals surface area contributed by atoms with Crippen LogP contribution in [0.3, 0.4) is 0 Å². The van der Waals surface area contributed by atoms with Crippen molar-refractivity contribution < 1.29 is 0 Å². The van der Waals surface area contributed by atoms with Crippen LogP contribution in [0.2, 0.25) is 0 Å². The monoisotopic (exact) mass is 421 g/mol. The zero-order chi connectivity index (χ0) is 22.5. The van der Waals surface area contributed by atoms with Crippen LogP contribution in [0.5, 0.6) is 0 Å². The van der Waals surface area contributed by atoms with Gasteiger partial charge in [0.15, 0.2) is 5.43 Å². The molecule has 0 aliphatic heterocycles. The van der Waals surface area contributed by atoms with Gasteiger partial charge in [0, 0.05) is 29.6 Å². The van der Waals surface area contributed by atoms with Gasteiger partial charge in [0.25, 0.3) is 0 Å². The largest absolute Gasteiger partial charge is 0.341 e. The fourth-order valence-corrected chi connectivity index (χ4v) is 3.61. The van der Waals surface area contributed by atoms with E-state index in [2.05, 4.69) is 22.0 Å². The molecule has 2 heterocycles. The number of hydrogen-bond donors (Lipinski definition) is 1. The molecule has 3 aromatic rings. The number of hydrogen-bond acceptors (Lipinski definition) is 3. The minimum atomic E-state index is -0.0557. The second-order valence-corrected chi connectivity index (χ2v) is 7.80. The molecule has 0 amide bonds. The average molecular weight is 422 g/mol. The van der Waals surface area contributed by atoms with Crippen LogP contribution in [0, 0.1) is 6.92 Å². The highest BCUT2D eigenvalue weighted by Gasteiger charge is 2.15. The smallest absolute Gasteiger partial charge is 0.193 e. The number of nitrogens with zero attached hydrogens (tertiary/aromatic N) is 2. The third-order valence-corrected chi connectivity index (χ3v) is 5.51. The Balaban J connectivity index is 1.95. The van der Waals surface area contributed by atoms with E-state index in [0.29, 0.717) is 16.9 Å². The molecule has 1 aliphatic carbocycles. The van der Waals surface area contributed by atoms with E-state index in [-0.39, 0.29) is 5.43 Å². The van der Waals surface area contributed by atoms with Gasteiger partial charge in [0.05, 0.1) is 5.39 Å². The fourth-order valence-electron chi connectivity index (χ4n) is 3.61. The maximum Gasteiger partial charge on any atom is 0.193 e. The lowest BCUT2D eigenvalue weighted by Crippen LogP contribution is -2.15. The van der Waals surface area contributed by atoms with E-state index in [9.17, 15) is 4.79 Å². The number of anilines is 2. The van der Waals surface area contributed by atoms with Gasteiger partial charge in [-0.25, -0.2) is 4.98 Å². The minimum Gasteiger partial charge on any atom is -0.341 e. The number of allylic oxidation sites excluding steroid dienone is 9. The van der Waals surface area contributed by atoms with Gasteiger partial charge in [-0.05, 0) is 50.6 Å². The molecule has 2 aromatic heterocycles. The molecule has 32 heavy (non-hydrogen) atoms. The molecule has 4 heteroatoms. The summed E-state index contributed by atoms with van der Waals surface area (Å²) in [6.07, 6.45) is 17.1. The molecule has 0 saturated carbocycles. The molecule has 0 radical (unpaired) electrons. The highest BCUT2D eigenvalue weighted by molar-refractivity contribution is 5.85. The minimum absolute atomic E-state index is 0.0557. The van der Waals surface area contributed by atoms with E-state index in [1.807, 2.05) is 93.6 Å². The summed E-state index contributed by atoms with van der Waals surface area (Å²) < 4.78 is 2.06. The van der Waals surface area contributed by atoms with Crippen molar-refractivity contribution >= 4 is 34.3 Å². The number of aryl methyl sites for hydroxylation is 1. The van der Waals surface area contributed by atoms with Crippen molar-refractivity contribution in [2.45, 2.75) is 27.2 Å². The first-order chi connectivity index (χ1) is 15.6. The van der Waals surface area contributed by atoms with Crippen molar-refractivity contribution in [2.24, 2.45) is 0 Å². The Labute approximate surface area is 188 Å². The predicted molar refractivity (Wildman–Crippen MR) is 136 cm³/mol. The van der Waals surface area contributed by atoms with Gasteiger partial charge in [-0.3, -0.25) is 9.36 Å². The van der Waals surface area contributed by atoms with Gasteiger partial charge in [-0.1, -0.05) is 66.3 Å². The van der Waals surface area contributed by atoms with Crippen molar-refractivity contribution in [3.05, 3.63) is 112 Å². The Morgan fingerprint density at radius 1 is 1.12 bits per heavy atom. The Kier molecular flexibility index (Phi) is 6.31. The molecule has 0 unspecified atom stereocenters. The predicted octanol–water partition coefficient (Wildman–Crippen LogP) is 6.78. The van der Waals surface area contributed by atoms with Crippen LogP contribution in [-0.2, 0) is 0 Å². The molecule has 0 fully saturated rings. The second-order valence-electron chi connectivity index (χ2n) is 7.80. The lowest BCUT2D eigenvalue weighted by Gasteiger charge is -2.20. The summed E-state index contributed by atoms with van der Waals surface area (Å²) in [6.45, 7) is 6.04. The molecular weight excluding hydrogens is 394 g/mol. The fraction of sp³-hybridized carbons (Fsp3) is 0.143. The number of pyridine rings is 2. The van der Waals surface area contributed by atoms with Gasteiger partial charge in [0.1, 0.15) is 11.5 Å². The van der Waals surface area contributed by atoms with Crippen molar-refractivity contribution in [1.29, 1.82) is 0 Å². The summed E-state index contributed by atoms with van der Waals surface area (Å²) in [5.41, 5.74) is 5.54. The molecule has 1 aromatic carbocycles. The van der Waals surface area contributed by atoms with Crippen molar-refractivity contribution in [3.63, 3.8) is 0 Å². The van der Waals surface area contributed by atoms with Crippen LogP contribution in [-0.4, -0.2) is 9.55 Å². The molecule has 0 atom stereocenters. The average Bonchev–Trinajstić information content (AvgIpc) is 3.08. The van der Waals surface area contributed by atoms with Gasteiger partial charge in [-0.2, -0.15) is 0 Å². The first-order valence-corrected chi connectivity index (χ1v) is 10.8. The van der Waals surface area contributed by atoms with Crippen molar-refractivity contribution in [1.82, 2.24) is 9.55 Å². The lowest BCUT2D eigenvalue weighted by molar-refractivity contribution is 1.04. The maximum absolute atomic E-state index is 13.2. The van der Waals surface area contributed by atoms with Gasteiger partial charge < -0.3 is 5.32 Å². The van der Waals surface area contributed by atoms with E-state index in [1.165, 1.54) is 0 Å². The molecule has 4 nitrogen and oxygen atoms in total. The van der Waals surface area contributed by atoms with Gasteiger partial charge >= 0.3 is 0 Å². The lowest BCUT2D eigenvalue weighted by atomic mass is 10.1. The third-order valence-electron chi connectivity index (χ3n) is 5.51. The Bertz CT molecular complexity index is 1350. The number of benzene rings is 1. The van der Waals surface area contributed by atoms with E-state index >= 15 is 0 Å². The maximum atomic E-state index is 13.2. The molecule has 0 bridgehead atoms. The normalized spacial score (nSPS) is 14.1. The summed E-state index contributed by atoms with van der Waals surface area (Å²) in [7, 11) is 0. The molecule has 1 N–H and O–H groups in total. The quantitative estimate of drug-likeness (QED) is 0.462. The number of para-hydroxylation sites is 1. The van der Waals surface area contributed by atoms with E-state index in [1.54, 1.807) is 6.07 Å². The van der Waals surface area contributed by atoms with E-state index in [4.69, 9.17) is 4.98 Å². The SMILES string of the molecule is C/C=C(C)\C=C\c1cc2c(=O)cc(Nc3ccccc3)n(C3=CC=CC=CC3)c2nc1C. The standard InChI is InChI=1S/C28H27N3O/c1-4-20(2)16-17-22-18-25-26(32)19-27(30-23-12-8-7-9-13-23)31(28(25)29-21(22)3)24-14-10-5-6-11-15-24/h4-14,16-19,30H,15H2,1-3H3/b17-16+,20-4-. The summed E-state index contributed by atoms with van der Waals surface area (Å²) >= 11 is 0. The number of nitrogens with one attached hydrogen (secondary N) is 1. The highest BCUT2D eigenvalue weighted by atomic mass is 16.1. The van der Waals surface area contributed by atoms with Crippen molar-refractivity contribution in [2.75, 3.05) is 5.32 Å². The second kappa shape index (κ2) is 9.48. The molecule has 0 spiro atoms. The number of rotatable bonds is 5. The van der Waals surface area contributed by atoms with Gasteiger partial charge in [0.2, 0.25) is 0 Å². The van der Waals surface area contributed by atoms with Crippen LogP contribution in [0.4, 0.5) is 11.5 Å². The Morgan fingerprint density at radius 2 is 1.94 bits per heavy atom. The molecule has 0 saturated heterocycles. The zero-order valence-corrected chi connectivity index (χ0v) is 18.7. The highest BCUT2D eigenvalue weighted by Crippen LogP contribution is 2.27. The van der Waals surface area contributed by atoms with E-state index < -0.39 is 0 Å². The molecule has 160 valence electrons. The molecule has 1 aliphatic rings. The summed E-state index contributed by atoms with van der Waals surface area (Å²) in [6, 6.07) is 13.5. The number of fused-ring (bicyclic) bond motifs is 1. The summed E-state index contributed by atoms with van der Waals surface area (Å²) in [5.74, 6) is 0.698. The van der Waals surface area contributed by atoms with Crippen LogP contribution in [0.15, 0.2) is 95.4 Å². The first-order valence-electron chi connectivity index (χ1n) is 10.8. The Morgan fingerprint density at radius 3 is 2.72 bits per heavy atom. The first kappa shape index (κ1) is 21.3. The van der Waals surface area contributed by atoms with Gasteiger partial charge in [-0.15, -0.1) is 0 Å². The van der Waals surface area contributed by atoms with E-state index in [0.717, 1.165) is 34.6 Å².